The minimum absolute atomic E-state index is 0.139. The summed E-state index contributed by atoms with van der Waals surface area (Å²) in [4.78, 5) is 10.8. The fourth-order valence-corrected chi connectivity index (χ4v) is 3.11. The van der Waals surface area contributed by atoms with Crippen molar-refractivity contribution in [2.24, 2.45) is 11.8 Å². The van der Waals surface area contributed by atoms with E-state index in [0.717, 1.165) is 10.9 Å². The van der Waals surface area contributed by atoms with Crippen molar-refractivity contribution in [2.75, 3.05) is 5.32 Å². The maximum Gasteiger partial charge on any atom is 0.293 e. The maximum atomic E-state index is 11.1. The highest BCUT2D eigenvalue weighted by Gasteiger charge is 2.28. The summed E-state index contributed by atoms with van der Waals surface area (Å²) in [6.45, 7) is 4.49. The summed E-state index contributed by atoms with van der Waals surface area (Å²) < 4.78 is 0.731. The van der Waals surface area contributed by atoms with Gasteiger partial charge < -0.3 is 5.32 Å². The van der Waals surface area contributed by atoms with Crippen LogP contribution in [0.15, 0.2) is 22.7 Å². The van der Waals surface area contributed by atoms with Crippen molar-refractivity contribution >= 4 is 27.3 Å². The minimum Gasteiger partial charge on any atom is -0.376 e. The molecule has 0 amide bonds. The number of nitrogens with zero attached hydrogens (tertiary/aromatic N) is 1. The molecule has 0 aliphatic heterocycles. The molecular formula is C14H19BrN2O2. The van der Waals surface area contributed by atoms with Gasteiger partial charge in [0.25, 0.3) is 5.69 Å². The first-order valence-electron chi connectivity index (χ1n) is 6.69. The number of hydrogen-bond acceptors (Lipinski definition) is 3. The normalized spacial score (nSPS) is 27.0. The maximum absolute atomic E-state index is 11.1. The molecule has 0 heterocycles. The van der Waals surface area contributed by atoms with Crippen LogP contribution >= 0.6 is 15.9 Å². The molecule has 4 nitrogen and oxygen atoms in total. The zero-order chi connectivity index (χ0) is 14.0. The van der Waals surface area contributed by atoms with Gasteiger partial charge in [-0.3, -0.25) is 10.1 Å². The Morgan fingerprint density at radius 2 is 2.11 bits per heavy atom. The molecule has 2 rings (SSSR count). The number of rotatable bonds is 3. The lowest BCUT2D eigenvalue weighted by molar-refractivity contribution is -0.384. The van der Waals surface area contributed by atoms with Crippen LogP contribution in [0.2, 0.25) is 0 Å². The van der Waals surface area contributed by atoms with Crippen LogP contribution in [0, 0.1) is 22.0 Å². The number of hydrogen-bond donors (Lipinski definition) is 1. The Hall–Kier alpha value is -1.10. The quantitative estimate of drug-likeness (QED) is 0.652. The molecule has 5 heteroatoms. The van der Waals surface area contributed by atoms with Gasteiger partial charge in [-0.25, -0.2) is 0 Å². The molecule has 104 valence electrons. The average Bonchev–Trinajstić information content (AvgIpc) is 2.36. The van der Waals surface area contributed by atoms with E-state index in [1.807, 2.05) is 6.07 Å². The Balaban J connectivity index is 2.21. The van der Waals surface area contributed by atoms with Gasteiger partial charge in [0.15, 0.2) is 0 Å². The standard InChI is InChI=1S/C14H19BrN2O2/c1-9-4-3-5-12(10(9)2)16-13-7-6-11(15)8-14(13)17(18)19/h6-10,12,16H,3-5H2,1-2H3/t9-,10+,12+/m0/s1. The summed E-state index contributed by atoms with van der Waals surface area (Å²) in [5.74, 6) is 1.21. The van der Waals surface area contributed by atoms with E-state index in [2.05, 4.69) is 35.1 Å². The first kappa shape index (κ1) is 14.3. The Morgan fingerprint density at radius 1 is 1.37 bits per heavy atom. The number of benzene rings is 1. The molecule has 1 N–H and O–H groups in total. The van der Waals surface area contributed by atoms with Gasteiger partial charge in [-0.1, -0.05) is 42.6 Å². The number of nitro benzene ring substituents is 1. The van der Waals surface area contributed by atoms with Crippen LogP contribution in [0.1, 0.15) is 33.1 Å². The lowest BCUT2D eigenvalue weighted by atomic mass is 9.78. The SMILES string of the molecule is C[C@@H]1[C@@H](C)CCC[C@H]1Nc1ccc(Br)cc1[N+](=O)[O-]. The molecule has 0 unspecified atom stereocenters. The highest BCUT2D eigenvalue weighted by molar-refractivity contribution is 9.10. The molecule has 0 bridgehead atoms. The topological polar surface area (TPSA) is 55.2 Å². The molecule has 1 aliphatic carbocycles. The Morgan fingerprint density at radius 3 is 2.79 bits per heavy atom. The van der Waals surface area contributed by atoms with E-state index in [1.165, 1.54) is 12.8 Å². The van der Waals surface area contributed by atoms with Gasteiger partial charge in [0.2, 0.25) is 0 Å². The molecule has 1 saturated carbocycles. The van der Waals surface area contributed by atoms with Gasteiger partial charge in [0.1, 0.15) is 5.69 Å². The van der Waals surface area contributed by atoms with Crippen LogP contribution in [-0.2, 0) is 0 Å². The predicted molar refractivity (Wildman–Crippen MR) is 80.4 cm³/mol. The molecule has 3 atom stereocenters. The fourth-order valence-electron chi connectivity index (χ4n) is 2.76. The highest BCUT2D eigenvalue weighted by Crippen LogP contribution is 2.34. The lowest BCUT2D eigenvalue weighted by Gasteiger charge is -2.35. The lowest BCUT2D eigenvalue weighted by Crippen LogP contribution is -2.35. The van der Waals surface area contributed by atoms with Crippen LogP contribution in [0.3, 0.4) is 0 Å². The van der Waals surface area contributed by atoms with E-state index in [-0.39, 0.29) is 10.6 Å². The summed E-state index contributed by atoms with van der Waals surface area (Å²) >= 11 is 3.28. The van der Waals surface area contributed by atoms with E-state index in [9.17, 15) is 10.1 Å². The minimum atomic E-state index is -0.329. The van der Waals surface area contributed by atoms with Gasteiger partial charge in [-0.05, 0) is 30.4 Å². The van der Waals surface area contributed by atoms with Crippen LogP contribution in [0.5, 0.6) is 0 Å². The summed E-state index contributed by atoms with van der Waals surface area (Å²) in [5, 5.41) is 14.5. The third-order valence-corrected chi connectivity index (χ3v) is 4.70. The second-order valence-corrected chi connectivity index (χ2v) is 6.35. The molecule has 1 aliphatic rings. The third-order valence-electron chi connectivity index (χ3n) is 4.20. The summed E-state index contributed by atoms with van der Waals surface area (Å²) in [7, 11) is 0. The van der Waals surface area contributed by atoms with Crippen molar-refractivity contribution in [1.82, 2.24) is 0 Å². The fraction of sp³-hybridized carbons (Fsp3) is 0.571. The molecule has 0 saturated heterocycles. The van der Waals surface area contributed by atoms with Gasteiger partial charge in [0.05, 0.1) is 4.92 Å². The zero-order valence-corrected chi connectivity index (χ0v) is 12.8. The van der Waals surface area contributed by atoms with Gasteiger partial charge in [-0.15, -0.1) is 0 Å². The number of nitro groups is 1. The number of anilines is 1. The smallest absolute Gasteiger partial charge is 0.293 e. The second kappa shape index (κ2) is 5.90. The van der Waals surface area contributed by atoms with Crippen molar-refractivity contribution in [1.29, 1.82) is 0 Å². The van der Waals surface area contributed by atoms with Crippen molar-refractivity contribution in [3.63, 3.8) is 0 Å². The average molecular weight is 327 g/mol. The Labute approximate surface area is 121 Å². The van der Waals surface area contributed by atoms with Crippen molar-refractivity contribution in [3.05, 3.63) is 32.8 Å². The predicted octanol–water partition coefficient (Wildman–Crippen LogP) is 4.59. The van der Waals surface area contributed by atoms with Crippen LogP contribution < -0.4 is 5.32 Å². The van der Waals surface area contributed by atoms with E-state index < -0.39 is 0 Å². The molecule has 1 aromatic carbocycles. The van der Waals surface area contributed by atoms with E-state index in [4.69, 9.17) is 0 Å². The molecule has 0 spiro atoms. The number of nitrogens with one attached hydrogen (secondary N) is 1. The first-order valence-corrected chi connectivity index (χ1v) is 7.49. The summed E-state index contributed by atoms with van der Waals surface area (Å²) in [6, 6.07) is 5.50. The summed E-state index contributed by atoms with van der Waals surface area (Å²) in [6.07, 6.45) is 3.52. The summed E-state index contributed by atoms with van der Waals surface area (Å²) in [5.41, 5.74) is 0.763. The second-order valence-electron chi connectivity index (χ2n) is 5.44. The van der Waals surface area contributed by atoms with Gasteiger partial charge in [0, 0.05) is 16.6 Å². The van der Waals surface area contributed by atoms with E-state index >= 15 is 0 Å². The Bertz CT molecular complexity index is 479. The zero-order valence-electron chi connectivity index (χ0n) is 11.2. The largest absolute Gasteiger partial charge is 0.376 e. The van der Waals surface area contributed by atoms with Crippen LogP contribution in [0.25, 0.3) is 0 Å². The molecular weight excluding hydrogens is 308 g/mol. The van der Waals surface area contributed by atoms with E-state index in [1.54, 1.807) is 12.1 Å². The molecule has 19 heavy (non-hydrogen) atoms. The van der Waals surface area contributed by atoms with Crippen molar-refractivity contribution in [3.8, 4) is 0 Å². The van der Waals surface area contributed by atoms with Crippen LogP contribution in [-0.4, -0.2) is 11.0 Å². The van der Waals surface area contributed by atoms with Crippen LogP contribution in [0.4, 0.5) is 11.4 Å². The molecule has 0 aromatic heterocycles. The van der Waals surface area contributed by atoms with Gasteiger partial charge in [-0.2, -0.15) is 0 Å². The van der Waals surface area contributed by atoms with Crippen molar-refractivity contribution in [2.45, 2.75) is 39.2 Å². The van der Waals surface area contributed by atoms with E-state index in [0.29, 0.717) is 23.6 Å². The van der Waals surface area contributed by atoms with Gasteiger partial charge >= 0.3 is 0 Å². The third kappa shape index (κ3) is 3.26. The first-order chi connectivity index (χ1) is 8.99. The molecule has 1 fully saturated rings. The molecule has 0 radical (unpaired) electrons. The highest BCUT2D eigenvalue weighted by atomic mass is 79.9. The monoisotopic (exact) mass is 326 g/mol. The molecule has 1 aromatic rings. The Kier molecular flexibility index (Phi) is 4.45. The number of halogens is 1. The van der Waals surface area contributed by atoms with Crippen molar-refractivity contribution < 1.29 is 4.92 Å².